The minimum atomic E-state index is -1.14. The first-order valence-corrected chi connectivity index (χ1v) is 14.7. The van der Waals surface area contributed by atoms with Gasteiger partial charge in [-0.1, -0.05) is 26.5 Å². The molecule has 9 heteroatoms. The predicted molar refractivity (Wildman–Crippen MR) is 165 cm³/mol. The number of Topliss-reactive ketones (excluding diaryl/α,β-unsaturated/α-hetero) is 1. The van der Waals surface area contributed by atoms with Crippen LogP contribution in [0.3, 0.4) is 0 Å². The quantitative estimate of drug-likeness (QED) is 0.261. The van der Waals surface area contributed by atoms with E-state index < -0.39 is 23.9 Å². The average molecular weight is 581 g/mol. The molecule has 43 heavy (non-hydrogen) atoms. The van der Waals surface area contributed by atoms with Gasteiger partial charge in [0.2, 0.25) is 0 Å². The molecule has 0 saturated heterocycles. The number of ether oxygens (including phenoxy) is 1. The van der Waals surface area contributed by atoms with Gasteiger partial charge < -0.3 is 24.8 Å². The summed E-state index contributed by atoms with van der Waals surface area (Å²) in [7, 11) is 1.28. The standard InChI is InChI=1S/C34H36N4O5/c1-7-18-11-19-12-22-16(4)21(9-10-27(39)40)31(37-22)29-30(34(42)43-6)33(41)28-17(5)24(38-32(28)29)14-26-20(8-2)15(3)23(36-26)13-25(18)35-19/h7,11-14,16,21,30-31,35-36,38H,1,8-10H2,2-6H3,(H,39,40)/b19-12?,24-14-,25-13?/t16-,21-,30+,31?/m0/s1. The van der Waals surface area contributed by atoms with E-state index in [4.69, 9.17) is 9.73 Å². The molecule has 0 radical (unpaired) electrons. The lowest BCUT2D eigenvalue weighted by Gasteiger charge is -2.24. The van der Waals surface area contributed by atoms with Crippen LogP contribution in [0.1, 0.15) is 70.7 Å². The zero-order valence-corrected chi connectivity index (χ0v) is 25.1. The Bertz CT molecular complexity index is 2000. The SMILES string of the molecule is C=Cc1cc2[nH]c1=Cc1[nH]c(c(CC)c1C)/C=c1\[nH]c3c(c1C)C(=O)[C@H](C(=O)OC)C=3C1N=C(C=2)[C@@H](C)[C@@H]1CCC(=O)O. The molecule has 222 valence electrons. The van der Waals surface area contributed by atoms with Crippen molar-refractivity contribution in [2.24, 2.45) is 22.7 Å². The fourth-order valence-corrected chi connectivity index (χ4v) is 7.14. The Balaban J connectivity index is 1.73. The number of nitrogens with one attached hydrogen (secondary N) is 3. The number of ketones is 1. The van der Waals surface area contributed by atoms with Crippen molar-refractivity contribution < 1.29 is 24.2 Å². The first kappa shape index (κ1) is 28.5. The summed E-state index contributed by atoms with van der Waals surface area (Å²) in [6.45, 7) is 12.1. The van der Waals surface area contributed by atoms with E-state index in [2.05, 4.69) is 41.5 Å². The van der Waals surface area contributed by atoms with Crippen molar-refractivity contribution in [1.82, 2.24) is 15.0 Å². The molecule has 4 N–H and O–H groups in total. The van der Waals surface area contributed by atoms with E-state index in [-0.39, 0.29) is 24.0 Å². The molecule has 0 spiro atoms. The summed E-state index contributed by atoms with van der Waals surface area (Å²) in [6.07, 6.45) is 8.99. The van der Waals surface area contributed by atoms with Crippen LogP contribution >= 0.6 is 0 Å². The van der Waals surface area contributed by atoms with Crippen LogP contribution in [0.15, 0.2) is 17.6 Å². The summed E-state index contributed by atoms with van der Waals surface area (Å²) in [6, 6.07) is 1.43. The molecule has 0 aromatic carbocycles. The number of H-pyrrole nitrogens is 3. The number of fused-ring (bicyclic) bond motifs is 7. The summed E-state index contributed by atoms with van der Waals surface area (Å²) in [4.78, 5) is 54.5. The number of esters is 1. The van der Waals surface area contributed by atoms with Crippen LogP contribution in [-0.2, 0) is 20.7 Å². The molecule has 3 aromatic heterocycles. The number of rotatable bonds is 6. The maximum atomic E-state index is 14.0. The topological polar surface area (TPSA) is 140 Å². The van der Waals surface area contributed by atoms with E-state index >= 15 is 0 Å². The third-order valence-corrected chi connectivity index (χ3v) is 9.45. The number of carboxylic acid groups (broad SMARTS) is 1. The number of nitrogens with zero attached hydrogens (tertiary/aromatic N) is 1. The highest BCUT2D eigenvalue weighted by Crippen LogP contribution is 2.41. The Morgan fingerprint density at radius 3 is 2.51 bits per heavy atom. The van der Waals surface area contributed by atoms with Gasteiger partial charge in [-0.05, 0) is 79.2 Å². The Kier molecular flexibility index (Phi) is 6.99. The molecular weight excluding hydrogens is 544 g/mol. The Labute approximate surface area is 248 Å². The smallest absolute Gasteiger partial charge is 0.320 e. The van der Waals surface area contributed by atoms with Gasteiger partial charge in [0.25, 0.3) is 0 Å². The van der Waals surface area contributed by atoms with Crippen LogP contribution in [0.5, 0.6) is 0 Å². The van der Waals surface area contributed by atoms with Crippen LogP contribution < -0.4 is 21.4 Å². The lowest BCUT2D eigenvalue weighted by atomic mass is 9.79. The number of aliphatic carboxylic acids is 1. The third-order valence-electron chi connectivity index (χ3n) is 9.45. The molecule has 4 atom stereocenters. The van der Waals surface area contributed by atoms with Crippen molar-refractivity contribution in [2.75, 3.05) is 7.11 Å². The second kappa shape index (κ2) is 10.6. The van der Waals surface area contributed by atoms with Crippen LogP contribution in [0, 0.1) is 31.6 Å². The number of carbonyl (C=O) groups excluding carboxylic acids is 2. The molecule has 1 unspecified atom stereocenters. The largest absolute Gasteiger partial charge is 0.481 e. The van der Waals surface area contributed by atoms with Gasteiger partial charge in [-0.15, -0.1) is 0 Å². The van der Waals surface area contributed by atoms with Gasteiger partial charge in [0.15, 0.2) is 5.78 Å². The van der Waals surface area contributed by atoms with Crippen molar-refractivity contribution in [2.45, 2.75) is 53.0 Å². The molecule has 2 aliphatic heterocycles. The summed E-state index contributed by atoms with van der Waals surface area (Å²) in [5.41, 5.74) is 7.69. The summed E-state index contributed by atoms with van der Waals surface area (Å²) in [5.74, 6) is -3.38. The highest BCUT2D eigenvalue weighted by atomic mass is 16.5. The van der Waals surface area contributed by atoms with Gasteiger partial charge in [-0.3, -0.25) is 19.4 Å². The maximum absolute atomic E-state index is 14.0. The van der Waals surface area contributed by atoms with Crippen LogP contribution in [-0.4, -0.2) is 56.6 Å². The first-order chi connectivity index (χ1) is 20.6. The number of hydrogen-bond acceptors (Lipinski definition) is 5. The maximum Gasteiger partial charge on any atom is 0.320 e. The highest BCUT2D eigenvalue weighted by molar-refractivity contribution is 6.20. The molecule has 1 aliphatic carbocycles. The van der Waals surface area contributed by atoms with Gasteiger partial charge in [-0.2, -0.15) is 0 Å². The van der Waals surface area contributed by atoms with E-state index in [1.807, 2.05) is 38.1 Å². The predicted octanol–water partition coefficient (Wildman–Crippen LogP) is 2.02. The number of aromatic nitrogens is 3. The highest BCUT2D eigenvalue weighted by Gasteiger charge is 2.48. The third kappa shape index (κ3) is 4.45. The Morgan fingerprint density at radius 1 is 1.09 bits per heavy atom. The van der Waals surface area contributed by atoms with E-state index in [1.54, 1.807) is 0 Å². The number of carboxylic acids is 1. The van der Waals surface area contributed by atoms with Gasteiger partial charge in [0.05, 0.1) is 18.5 Å². The van der Waals surface area contributed by atoms with E-state index in [9.17, 15) is 19.5 Å². The number of aliphatic imine (C=N–C) groups is 1. The number of methoxy groups -OCH3 is 1. The van der Waals surface area contributed by atoms with E-state index in [0.717, 1.165) is 56.3 Å². The van der Waals surface area contributed by atoms with Crippen molar-refractivity contribution in [3.8, 4) is 0 Å². The second-order valence-corrected chi connectivity index (χ2v) is 11.7. The molecule has 9 nitrogen and oxygen atoms in total. The van der Waals surface area contributed by atoms with Crippen LogP contribution in [0.25, 0.3) is 29.9 Å². The minimum Gasteiger partial charge on any atom is -0.481 e. The summed E-state index contributed by atoms with van der Waals surface area (Å²) >= 11 is 0. The van der Waals surface area contributed by atoms with Crippen LogP contribution in [0.2, 0.25) is 0 Å². The van der Waals surface area contributed by atoms with Crippen LogP contribution in [0.4, 0.5) is 0 Å². The number of aromatic amines is 3. The molecule has 3 aliphatic rings. The molecule has 5 heterocycles. The van der Waals surface area contributed by atoms with Gasteiger partial charge >= 0.3 is 11.9 Å². The normalized spacial score (nSPS) is 22.8. The average Bonchev–Trinajstić information content (AvgIpc) is 3.73. The Morgan fingerprint density at radius 2 is 1.84 bits per heavy atom. The first-order valence-electron chi connectivity index (χ1n) is 14.7. The van der Waals surface area contributed by atoms with Crippen molar-refractivity contribution in [3.63, 3.8) is 0 Å². The fourth-order valence-electron chi connectivity index (χ4n) is 7.14. The van der Waals surface area contributed by atoms with Crippen molar-refractivity contribution in [1.29, 1.82) is 0 Å². The summed E-state index contributed by atoms with van der Waals surface area (Å²) in [5, 5.41) is 12.7. The van der Waals surface area contributed by atoms with Crippen molar-refractivity contribution in [3.05, 3.63) is 73.2 Å². The lowest BCUT2D eigenvalue weighted by molar-refractivity contribution is -0.142. The Hall–Kier alpha value is -4.66. The second-order valence-electron chi connectivity index (χ2n) is 11.7. The van der Waals surface area contributed by atoms with Gasteiger partial charge in [0, 0.05) is 56.6 Å². The molecule has 0 amide bonds. The molecule has 0 saturated carbocycles. The van der Waals surface area contributed by atoms with Gasteiger partial charge in [-0.25, -0.2) is 0 Å². The molecule has 8 bridgehead atoms. The molecule has 6 rings (SSSR count). The molecule has 3 aromatic rings. The van der Waals surface area contributed by atoms with E-state index in [0.29, 0.717) is 22.9 Å². The zero-order valence-electron chi connectivity index (χ0n) is 25.1. The summed E-state index contributed by atoms with van der Waals surface area (Å²) < 4.78 is 5.14. The fraction of sp³-hybridized carbons (Fsp3) is 0.353. The number of carbonyl (C=O) groups is 3. The molecular formula is C34H36N4O5. The minimum absolute atomic E-state index is 0.0512. The number of hydrogen-bond donors (Lipinski definition) is 4. The molecule has 0 fully saturated rings. The van der Waals surface area contributed by atoms with E-state index in [1.165, 1.54) is 12.7 Å². The zero-order chi connectivity index (χ0) is 30.7. The van der Waals surface area contributed by atoms with Gasteiger partial charge in [0.1, 0.15) is 5.92 Å². The monoisotopic (exact) mass is 580 g/mol. The van der Waals surface area contributed by atoms with Crippen molar-refractivity contribution >= 4 is 53.3 Å². The lowest BCUT2D eigenvalue weighted by Crippen LogP contribution is -2.33.